The molecule has 1 saturated carbocycles. The van der Waals surface area contributed by atoms with Crippen LogP contribution in [0.3, 0.4) is 0 Å². The Kier molecular flexibility index (Phi) is 8.68. The number of ether oxygens (including phenoxy) is 1. The van der Waals surface area contributed by atoms with E-state index in [1.54, 1.807) is 0 Å². The first-order valence-corrected chi connectivity index (χ1v) is 9.85. The molecule has 1 aliphatic rings. The Morgan fingerprint density at radius 2 is 1.52 bits per heavy atom. The molecule has 2 aromatic rings. The van der Waals surface area contributed by atoms with Crippen molar-refractivity contribution in [3.8, 4) is 0 Å². The van der Waals surface area contributed by atoms with Crippen LogP contribution in [0.15, 0.2) is 60.7 Å². The van der Waals surface area contributed by atoms with Gasteiger partial charge in [0, 0.05) is 0 Å². The van der Waals surface area contributed by atoms with Crippen LogP contribution in [0.25, 0.3) is 0 Å². The predicted octanol–water partition coefficient (Wildman–Crippen LogP) is 4.14. The van der Waals surface area contributed by atoms with Gasteiger partial charge in [0.2, 0.25) is 0 Å². The normalized spacial score (nSPS) is 15.9. The first-order chi connectivity index (χ1) is 13.6. The van der Waals surface area contributed by atoms with E-state index < -0.39 is 23.5 Å². The third kappa shape index (κ3) is 6.31. The van der Waals surface area contributed by atoms with Crippen molar-refractivity contribution >= 4 is 24.3 Å². The van der Waals surface area contributed by atoms with Crippen molar-refractivity contribution in [2.45, 2.75) is 56.7 Å². The monoisotopic (exact) mass is 417 g/mol. The molecule has 3 rings (SSSR count). The van der Waals surface area contributed by atoms with Crippen LogP contribution in [0, 0.1) is 0 Å². The van der Waals surface area contributed by atoms with Crippen LogP contribution in [0.1, 0.15) is 43.2 Å². The molecule has 2 aromatic carbocycles. The quantitative estimate of drug-likeness (QED) is 0.600. The highest BCUT2D eigenvalue weighted by atomic mass is 35.5. The van der Waals surface area contributed by atoms with Gasteiger partial charge in [0.25, 0.3) is 0 Å². The molecular formula is C23H28ClNO4. The van der Waals surface area contributed by atoms with Crippen LogP contribution >= 0.6 is 12.4 Å². The molecule has 0 spiro atoms. The number of aliphatic carboxylic acids is 1. The standard InChI is InChI=1S/C23H27NO4.ClH/c25-21(28-17-19-11-5-2-6-12-19)20(14-13-18-9-3-1-4-10-18)24-23(22(26)27)15-7-8-16-23;/h1-6,9-12,20,24H,7-8,13-17H2,(H,26,27);1H/t20-;/m0./s1. The fourth-order valence-electron chi connectivity index (χ4n) is 3.77. The zero-order valence-electron chi connectivity index (χ0n) is 16.4. The molecule has 0 aliphatic heterocycles. The fraction of sp³-hybridized carbons (Fsp3) is 0.391. The lowest BCUT2D eigenvalue weighted by molar-refractivity contribution is -0.151. The lowest BCUT2D eigenvalue weighted by atomic mass is 9.94. The maximum atomic E-state index is 12.8. The minimum Gasteiger partial charge on any atom is -0.480 e. The molecule has 29 heavy (non-hydrogen) atoms. The summed E-state index contributed by atoms with van der Waals surface area (Å²) >= 11 is 0. The number of carbonyl (C=O) groups is 2. The van der Waals surface area contributed by atoms with Gasteiger partial charge in [-0.05, 0) is 36.8 Å². The topological polar surface area (TPSA) is 75.6 Å². The summed E-state index contributed by atoms with van der Waals surface area (Å²) in [5, 5.41) is 12.9. The molecule has 1 atom stereocenters. The maximum absolute atomic E-state index is 12.8. The average Bonchev–Trinajstić information content (AvgIpc) is 3.21. The van der Waals surface area contributed by atoms with E-state index >= 15 is 0 Å². The highest BCUT2D eigenvalue weighted by Gasteiger charge is 2.44. The molecule has 0 saturated heterocycles. The number of halogens is 1. The molecule has 0 unspecified atom stereocenters. The summed E-state index contributed by atoms with van der Waals surface area (Å²) in [6.07, 6.45) is 3.95. The van der Waals surface area contributed by atoms with Gasteiger partial charge < -0.3 is 9.84 Å². The van der Waals surface area contributed by atoms with Crippen LogP contribution in [-0.4, -0.2) is 28.6 Å². The lowest BCUT2D eigenvalue weighted by Crippen LogP contribution is -2.56. The smallest absolute Gasteiger partial charge is 0.323 e. The first kappa shape index (κ1) is 22.9. The number of nitrogens with one attached hydrogen (secondary N) is 1. The first-order valence-electron chi connectivity index (χ1n) is 9.85. The number of esters is 1. The molecule has 5 nitrogen and oxygen atoms in total. The Labute approximate surface area is 177 Å². The van der Waals surface area contributed by atoms with Crippen LogP contribution < -0.4 is 5.32 Å². The van der Waals surface area contributed by atoms with E-state index in [0.717, 1.165) is 24.0 Å². The van der Waals surface area contributed by atoms with Gasteiger partial charge in [-0.15, -0.1) is 12.4 Å². The molecule has 2 N–H and O–H groups in total. The van der Waals surface area contributed by atoms with E-state index in [4.69, 9.17) is 4.74 Å². The van der Waals surface area contributed by atoms with Crippen molar-refractivity contribution in [1.29, 1.82) is 0 Å². The van der Waals surface area contributed by atoms with Crippen LogP contribution in [0.2, 0.25) is 0 Å². The minimum atomic E-state index is -1.03. The summed E-state index contributed by atoms with van der Waals surface area (Å²) in [7, 11) is 0. The third-order valence-electron chi connectivity index (χ3n) is 5.39. The number of carboxylic acid groups (broad SMARTS) is 1. The second-order valence-electron chi connectivity index (χ2n) is 7.41. The van der Waals surface area contributed by atoms with Crippen molar-refractivity contribution in [3.05, 3.63) is 71.8 Å². The van der Waals surface area contributed by atoms with Gasteiger partial charge >= 0.3 is 11.9 Å². The van der Waals surface area contributed by atoms with Crippen LogP contribution in [0.5, 0.6) is 0 Å². The molecule has 156 valence electrons. The summed E-state index contributed by atoms with van der Waals surface area (Å²) in [5.74, 6) is -1.28. The van der Waals surface area contributed by atoms with Gasteiger partial charge in [-0.25, -0.2) is 0 Å². The summed E-state index contributed by atoms with van der Waals surface area (Å²) in [6, 6.07) is 18.7. The number of hydrogen-bond acceptors (Lipinski definition) is 4. The van der Waals surface area contributed by atoms with Gasteiger partial charge in [-0.2, -0.15) is 0 Å². The van der Waals surface area contributed by atoms with Crippen molar-refractivity contribution in [1.82, 2.24) is 5.32 Å². The summed E-state index contributed by atoms with van der Waals surface area (Å²) < 4.78 is 5.52. The Balaban J connectivity index is 0.00000300. The van der Waals surface area contributed by atoms with Crippen LogP contribution in [-0.2, 0) is 27.4 Å². The summed E-state index contributed by atoms with van der Waals surface area (Å²) in [6.45, 7) is 0.184. The molecule has 0 heterocycles. The van der Waals surface area contributed by atoms with Crippen molar-refractivity contribution < 1.29 is 19.4 Å². The molecule has 1 aliphatic carbocycles. The molecule has 1 fully saturated rings. The van der Waals surface area contributed by atoms with E-state index in [1.165, 1.54) is 0 Å². The SMILES string of the molecule is Cl.O=C(OCc1ccccc1)[C@H](CCc1ccccc1)NC1(C(=O)O)CCCC1. The van der Waals surface area contributed by atoms with Crippen molar-refractivity contribution in [3.63, 3.8) is 0 Å². The Morgan fingerprint density at radius 1 is 0.966 bits per heavy atom. The molecule has 0 amide bonds. The van der Waals surface area contributed by atoms with E-state index in [0.29, 0.717) is 25.7 Å². The second kappa shape index (κ2) is 11.0. The highest BCUT2D eigenvalue weighted by Crippen LogP contribution is 2.31. The number of carboxylic acids is 1. The molecular weight excluding hydrogens is 390 g/mol. The van der Waals surface area contributed by atoms with E-state index in [1.807, 2.05) is 60.7 Å². The largest absolute Gasteiger partial charge is 0.480 e. The number of aryl methyl sites for hydroxylation is 1. The molecule has 0 aromatic heterocycles. The molecule has 0 radical (unpaired) electrons. The van der Waals surface area contributed by atoms with E-state index in [9.17, 15) is 14.7 Å². The fourth-order valence-corrected chi connectivity index (χ4v) is 3.77. The number of rotatable bonds is 9. The van der Waals surface area contributed by atoms with Gasteiger partial charge in [-0.3, -0.25) is 14.9 Å². The molecule has 6 heteroatoms. The number of hydrogen-bond donors (Lipinski definition) is 2. The van der Waals surface area contributed by atoms with Crippen molar-refractivity contribution in [2.75, 3.05) is 0 Å². The van der Waals surface area contributed by atoms with E-state index in [-0.39, 0.29) is 19.0 Å². The number of benzene rings is 2. The number of carbonyl (C=O) groups excluding carboxylic acids is 1. The molecule has 0 bridgehead atoms. The Bertz CT molecular complexity index is 776. The Morgan fingerprint density at radius 3 is 2.07 bits per heavy atom. The van der Waals surface area contributed by atoms with Gasteiger partial charge in [0.1, 0.15) is 18.2 Å². The summed E-state index contributed by atoms with van der Waals surface area (Å²) in [5.41, 5.74) is 0.986. The zero-order chi connectivity index (χ0) is 19.8. The Hall–Kier alpha value is -2.37. The van der Waals surface area contributed by atoms with Crippen molar-refractivity contribution in [2.24, 2.45) is 0 Å². The lowest BCUT2D eigenvalue weighted by Gasteiger charge is -2.30. The van der Waals surface area contributed by atoms with Crippen LogP contribution in [0.4, 0.5) is 0 Å². The highest BCUT2D eigenvalue weighted by molar-refractivity contribution is 5.85. The minimum absolute atomic E-state index is 0. The van der Waals surface area contributed by atoms with Gasteiger partial charge in [0.15, 0.2) is 0 Å². The second-order valence-corrected chi connectivity index (χ2v) is 7.41. The summed E-state index contributed by atoms with van der Waals surface area (Å²) in [4.78, 5) is 24.7. The predicted molar refractivity (Wildman–Crippen MR) is 114 cm³/mol. The third-order valence-corrected chi connectivity index (χ3v) is 5.39. The maximum Gasteiger partial charge on any atom is 0.323 e. The van der Waals surface area contributed by atoms with E-state index in [2.05, 4.69) is 5.32 Å². The van der Waals surface area contributed by atoms with Gasteiger partial charge in [0.05, 0.1) is 0 Å². The average molecular weight is 418 g/mol. The zero-order valence-corrected chi connectivity index (χ0v) is 17.2. The van der Waals surface area contributed by atoms with Gasteiger partial charge in [-0.1, -0.05) is 73.5 Å².